The minimum atomic E-state index is 0.252. The third kappa shape index (κ3) is 1.37. The van der Waals surface area contributed by atoms with Gasteiger partial charge in [-0.1, -0.05) is 30.2 Å². The van der Waals surface area contributed by atoms with Gasteiger partial charge in [-0.2, -0.15) is 4.91 Å². The van der Waals surface area contributed by atoms with E-state index in [1.807, 2.05) is 0 Å². The normalized spacial score (nSPS) is 41.3. The van der Waals surface area contributed by atoms with E-state index >= 15 is 0 Å². The lowest BCUT2D eigenvalue weighted by molar-refractivity contribution is 0.361. The quantitative estimate of drug-likeness (QED) is 0.505. The SMILES string of the molecule is C/C=C1\CCCC12CC2(CCC)CN=O. The molecule has 0 bridgehead atoms. The first-order chi connectivity index (χ1) is 7.24. The van der Waals surface area contributed by atoms with Crippen LogP contribution in [0.15, 0.2) is 16.8 Å². The van der Waals surface area contributed by atoms with Gasteiger partial charge in [0.1, 0.15) is 0 Å². The molecule has 2 fully saturated rings. The highest BCUT2D eigenvalue weighted by atomic mass is 16.3. The van der Waals surface area contributed by atoms with Crippen LogP contribution in [0.2, 0.25) is 0 Å². The summed E-state index contributed by atoms with van der Waals surface area (Å²) in [5.74, 6) is 0. The summed E-state index contributed by atoms with van der Waals surface area (Å²) < 4.78 is 0. The van der Waals surface area contributed by atoms with Crippen molar-refractivity contribution >= 4 is 0 Å². The molecule has 0 aromatic heterocycles. The van der Waals surface area contributed by atoms with Crippen LogP contribution in [0, 0.1) is 15.7 Å². The summed E-state index contributed by atoms with van der Waals surface area (Å²) in [4.78, 5) is 10.6. The number of hydrogen-bond acceptors (Lipinski definition) is 2. The van der Waals surface area contributed by atoms with Gasteiger partial charge in [-0.25, -0.2) is 0 Å². The molecule has 0 heterocycles. The Balaban J connectivity index is 2.21. The van der Waals surface area contributed by atoms with Crippen LogP contribution < -0.4 is 0 Å². The molecule has 0 saturated heterocycles. The molecular formula is C13H21NO. The van der Waals surface area contributed by atoms with Gasteiger partial charge in [-0.05, 0) is 44.4 Å². The van der Waals surface area contributed by atoms with Gasteiger partial charge in [-0.3, -0.25) is 0 Å². The van der Waals surface area contributed by atoms with Crippen LogP contribution in [0.4, 0.5) is 0 Å². The Kier molecular flexibility index (Phi) is 2.70. The second-order valence-electron chi connectivity index (χ2n) is 5.24. The lowest BCUT2D eigenvalue weighted by atomic mass is 9.84. The Bertz CT molecular complexity index is 297. The Morgan fingerprint density at radius 1 is 1.53 bits per heavy atom. The predicted molar refractivity (Wildman–Crippen MR) is 62.7 cm³/mol. The summed E-state index contributed by atoms with van der Waals surface area (Å²) in [7, 11) is 0. The average molecular weight is 207 g/mol. The fourth-order valence-electron chi connectivity index (χ4n) is 3.96. The summed E-state index contributed by atoms with van der Waals surface area (Å²) in [6.45, 7) is 4.90. The zero-order valence-electron chi connectivity index (χ0n) is 9.88. The van der Waals surface area contributed by atoms with Crippen LogP contribution in [-0.4, -0.2) is 6.54 Å². The van der Waals surface area contributed by atoms with Crippen molar-refractivity contribution in [2.45, 2.75) is 52.4 Å². The monoisotopic (exact) mass is 207 g/mol. The van der Waals surface area contributed by atoms with E-state index < -0.39 is 0 Å². The maximum atomic E-state index is 10.6. The number of nitrogens with zero attached hydrogens (tertiary/aromatic N) is 1. The molecule has 0 radical (unpaired) electrons. The number of rotatable bonds is 4. The molecule has 15 heavy (non-hydrogen) atoms. The van der Waals surface area contributed by atoms with E-state index in [4.69, 9.17) is 0 Å². The van der Waals surface area contributed by atoms with Gasteiger partial charge in [0, 0.05) is 5.41 Å². The fraction of sp³-hybridized carbons (Fsp3) is 0.846. The van der Waals surface area contributed by atoms with E-state index in [0.717, 1.165) is 0 Å². The maximum absolute atomic E-state index is 10.6. The van der Waals surface area contributed by atoms with Crippen molar-refractivity contribution in [3.05, 3.63) is 16.6 Å². The van der Waals surface area contributed by atoms with Gasteiger partial charge in [0.2, 0.25) is 0 Å². The Morgan fingerprint density at radius 3 is 2.93 bits per heavy atom. The lowest BCUT2D eigenvalue weighted by Crippen LogP contribution is -2.16. The molecule has 2 atom stereocenters. The molecule has 2 nitrogen and oxygen atoms in total. The molecule has 0 aromatic carbocycles. The number of nitroso groups, excluding NO2 is 1. The molecule has 2 saturated carbocycles. The molecule has 84 valence electrons. The lowest BCUT2D eigenvalue weighted by Gasteiger charge is -2.20. The van der Waals surface area contributed by atoms with Crippen molar-refractivity contribution < 1.29 is 0 Å². The topological polar surface area (TPSA) is 29.4 Å². The first-order valence-corrected chi connectivity index (χ1v) is 6.19. The molecular weight excluding hydrogens is 186 g/mol. The first-order valence-electron chi connectivity index (χ1n) is 6.19. The summed E-state index contributed by atoms with van der Waals surface area (Å²) in [6.07, 6.45) is 9.71. The van der Waals surface area contributed by atoms with Crippen LogP contribution in [-0.2, 0) is 0 Å². The zero-order chi connectivity index (χ0) is 10.9. The van der Waals surface area contributed by atoms with Gasteiger partial charge in [-0.15, -0.1) is 0 Å². The third-order valence-corrected chi connectivity index (χ3v) is 4.64. The highest BCUT2D eigenvalue weighted by Crippen LogP contribution is 2.75. The molecule has 0 amide bonds. The molecule has 2 aliphatic rings. The van der Waals surface area contributed by atoms with Crippen LogP contribution >= 0.6 is 0 Å². The fourth-order valence-corrected chi connectivity index (χ4v) is 3.96. The standard InChI is InChI=1S/C13H21NO/c1-3-7-12(10-14-15)9-13(12)8-5-6-11(13)4-2/h4H,3,5-10H2,1-2H3/b11-4+. The van der Waals surface area contributed by atoms with E-state index in [2.05, 4.69) is 25.1 Å². The Labute approximate surface area is 92.1 Å². The van der Waals surface area contributed by atoms with E-state index in [1.165, 1.54) is 38.5 Å². The molecule has 2 aliphatic carbocycles. The largest absolute Gasteiger partial charge is 0.151 e. The van der Waals surface area contributed by atoms with Crippen LogP contribution in [0.1, 0.15) is 52.4 Å². The highest BCUT2D eigenvalue weighted by molar-refractivity contribution is 5.34. The summed E-state index contributed by atoms with van der Waals surface area (Å²) in [5, 5.41) is 3.20. The van der Waals surface area contributed by atoms with Crippen molar-refractivity contribution in [3.8, 4) is 0 Å². The number of hydrogen-bond donors (Lipinski definition) is 0. The molecule has 2 heteroatoms. The molecule has 0 N–H and O–H groups in total. The van der Waals surface area contributed by atoms with Gasteiger partial charge >= 0.3 is 0 Å². The van der Waals surface area contributed by atoms with Crippen molar-refractivity contribution in [2.75, 3.05) is 6.54 Å². The van der Waals surface area contributed by atoms with Crippen molar-refractivity contribution in [1.82, 2.24) is 0 Å². The minimum Gasteiger partial charge on any atom is -0.151 e. The Hall–Kier alpha value is -0.660. The third-order valence-electron chi connectivity index (χ3n) is 4.64. The second kappa shape index (κ2) is 3.73. The maximum Gasteiger partial charge on any atom is 0.0876 e. The van der Waals surface area contributed by atoms with E-state index in [0.29, 0.717) is 12.0 Å². The summed E-state index contributed by atoms with van der Waals surface area (Å²) in [5.41, 5.74) is 2.26. The van der Waals surface area contributed by atoms with Crippen molar-refractivity contribution in [3.63, 3.8) is 0 Å². The second-order valence-corrected chi connectivity index (χ2v) is 5.24. The molecule has 1 spiro atoms. The first kappa shape index (κ1) is 10.8. The van der Waals surface area contributed by atoms with Gasteiger partial charge in [0.25, 0.3) is 0 Å². The molecule has 0 aromatic rings. The molecule has 0 aliphatic heterocycles. The van der Waals surface area contributed by atoms with Crippen molar-refractivity contribution in [2.24, 2.45) is 16.0 Å². The van der Waals surface area contributed by atoms with Crippen LogP contribution in [0.25, 0.3) is 0 Å². The predicted octanol–water partition coefficient (Wildman–Crippen LogP) is 4.06. The minimum absolute atomic E-state index is 0.252. The van der Waals surface area contributed by atoms with Crippen molar-refractivity contribution in [1.29, 1.82) is 0 Å². The van der Waals surface area contributed by atoms with Gasteiger partial charge in [0.05, 0.1) is 6.54 Å². The van der Waals surface area contributed by atoms with Gasteiger partial charge in [0.15, 0.2) is 0 Å². The smallest absolute Gasteiger partial charge is 0.0876 e. The summed E-state index contributed by atoms with van der Waals surface area (Å²) in [6, 6.07) is 0. The number of allylic oxidation sites excluding steroid dienone is 2. The zero-order valence-corrected chi connectivity index (χ0v) is 9.88. The van der Waals surface area contributed by atoms with E-state index in [9.17, 15) is 4.91 Å². The molecule has 2 unspecified atom stereocenters. The van der Waals surface area contributed by atoms with E-state index in [-0.39, 0.29) is 5.41 Å². The Morgan fingerprint density at radius 2 is 2.33 bits per heavy atom. The van der Waals surface area contributed by atoms with Crippen LogP contribution in [0.5, 0.6) is 0 Å². The highest BCUT2D eigenvalue weighted by Gasteiger charge is 2.68. The summed E-state index contributed by atoms with van der Waals surface area (Å²) >= 11 is 0. The van der Waals surface area contributed by atoms with Gasteiger partial charge < -0.3 is 0 Å². The van der Waals surface area contributed by atoms with E-state index in [1.54, 1.807) is 5.57 Å². The molecule has 2 rings (SSSR count). The average Bonchev–Trinajstić information content (AvgIpc) is 2.65. The van der Waals surface area contributed by atoms with Crippen LogP contribution in [0.3, 0.4) is 0 Å².